The molecule has 2 rings (SSSR count). The second-order valence-electron chi connectivity index (χ2n) is 2.50. The van der Waals surface area contributed by atoms with E-state index in [1.165, 1.54) is 0 Å². The Morgan fingerprint density at radius 2 is 2.25 bits per heavy atom. The maximum absolute atomic E-state index is 5.27. The van der Waals surface area contributed by atoms with Crippen molar-refractivity contribution in [2.75, 3.05) is 0 Å². The minimum atomic E-state index is 0.891. The fraction of sp³-hybridized carbons (Fsp3) is 0. The molecule has 0 atom stereocenters. The second-order valence-corrected chi connectivity index (χ2v) is 2.50. The van der Waals surface area contributed by atoms with Crippen LogP contribution in [0.2, 0.25) is 0 Å². The Balaban J connectivity index is 2.78. The van der Waals surface area contributed by atoms with Gasteiger partial charge in [0.1, 0.15) is 0 Å². The lowest BCUT2D eigenvalue weighted by Gasteiger charge is -1.95. The van der Waals surface area contributed by atoms with Crippen molar-refractivity contribution in [3.05, 3.63) is 42.2 Å². The zero-order valence-electron chi connectivity index (χ0n) is 6.41. The summed E-state index contributed by atoms with van der Waals surface area (Å²) in [6.07, 6.45) is 9.86. The molecule has 1 aromatic carbocycles. The number of pyridine rings is 1. The van der Waals surface area contributed by atoms with Crippen LogP contribution in [-0.2, 0) is 0 Å². The van der Waals surface area contributed by atoms with Gasteiger partial charge >= 0.3 is 0 Å². The molecule has 0 saturated carbocycles. The fourth-order valence-corrected chi connectivity index (χ4v) is 1.12. The van der Waals surface area contributed by atoms with Crippen LogP contribution >= 0.6 is 0 Å². The average molecular weight is 152 g/mol. The summed E-state index contributed by atoms with van der Waals surface area (Å²) in [4.78, 5) is 3.89. The molecule has 2 aromatic rings. The van der Waals surface area contributed by atoms with Crippen LogP contribution in [0.1, 0.15) is 5.56 Å². The molecule has 0 bridgehead atoms. The van der Waals surface area contributed by atoms with Crippen LogP contribution in [0.5, 0.6) is 0 Å². The number of hydrogen-bond acceptors (Lipinski definition) is 1. The maximum atomic E-state index is 5.27. The van der Waals surface area contributed by atoms with E-state index in [0.717, 1.165) is 16.3 Å². The van der Waals surface area contributed by atoms with Gasteiger partial charge in [0.05, 0.1) is 6.20 Å². The van der Waals surface area contributed by atoms with Crippen molar-refractivity contribution in [2.45, 2.75) is 0 Å². The van der Waals surface area contributed by atoms with Crippen LogP contribution in [-0.4, -0.2) is 4.98 Å². The molecule has 12 heavy (non-hydrogen) atoms. The molecule has 0 spiro atoms. The third-order valence-electron chi connectivity index (χ3n) is 1.73. The first-order valence-electron chi connectivity index (χ1n) is 3.63. The number of fused-ring (bicyclic) bond motifs is 1. The number of nitrogens with zero attached hydrogens (tertiary/aromatic N) is 1. The second kappa shape index (κ2) is 2.67. The average Bonchev–Trinajstić information content (AvgIpc) is 2.17. The van der Waals surface area contributed by atoms with Gasteiger partial charge in [0, 0.05) is 17.1 Å². The van der Waals surface area contributed by atoms with Crippen molar-refractivity contribution in [3.8, 4) is 12.3 Å². The molecule has 0 saturated heterocycles. The van der Waals surface area contributed by atoms with Gasteiger partial charge in [-0.1, -0.05) is 12.0 Å². The van der Waals surface area contributed by atoms with E-state index in [1.807, 2.05) is 24.3 Å². The lowest BCUT2D eigenvalue weighted by molar-refractivity contribution is 1.35. The molecule has 55 valence electrons. The summed E-state index contributed by atoms with van der Waals surface area (Å²) in [7, 11) is 0. The maximum Gasteiger partial charge on any atom is 0.0970 e. The predicted octanol–water partition coefficient (Wildman–Crippen LogP) is 2.02. The Morgan fingerprint density at radius 3 is 3.08 bits per heavy atom. The molecular formula is C11H6N. The third-order valence-corrected chi connectivity index (χ3v) is 1.73. The molecule has 1 aromatic heterocycles. The molecule has 0 amide bonds. The highest BCUT2D eigenvalue weighted by Crippen LogP contribution is 2.12. The van der Waals surface area contributed by atoms with Crippen molar-refractivity contribution >= 4 is 10.8 Å². The van der Waals surface area contributed by atoms with E-state index in [1.54, 1.807) is 6.20 Å². The zero-order chi connectivity index (χ0) is 8.39. The highest BCUT2D eigenvalue weighted by Gasteiger charge is 1.92. The van der Waals surface area contributed by atoms with E-state index in [9.17, 15) is 0 Å². The van der Waals surface area contributed by atoms with Crippen LogP contribution in [0.25, 0.3) is 10.8 Å². The number of hydrogen-bond donors (Lipinski definition) is 0. The van der Waals surface area contributed by atoms with Crippen LogP contribution in [0.3, 0.4) is 0 Å². The lowest BCUT2D eigenvalue weighted by Crippen LogP contribution is -1.77. The van der Waals surface area contributed by atoms with Gasteiger partial charge in [-0.05, 0) is 23.6 Å². The van der Waals surface area contributed by atoms with Crippen molar-refractivity contribution in [2.24, 2.45) is 0 Å². The molecule has 1 heterocycles. The first kappa shape index (κ1) is 6.87. The lowest BCUT2D eigenvalue weighted by atomic mass is 10.1. The molecule has 0 unspecified atom stereocenters. The summed E-state index contributed by atoms with van der Waals surface area (Å²) in [6, 6.07) is 7.69. The highest BCUT2D eigenvalue weighted by atomic mass is 14.6. The Hall–Kier alpha value is -1.81. The molecule has 0 N–H and O–H groups in total. The summed E-state index contributed by atoms with van der Waals surface area (Å²) in [5.41, 5.74) is 0.891. The molecule has 1 heteroatoms. The first-order valence-corrected chi connectivity index (χ1v) is 3.63. The summed E-state index contributed by atoms with van der Waals surface area (Å²) in [5.74, 6) is 2.58. The third kappa shape index (κ3) is 1.04. The fourth-order valence-electron chi connectivity index (χ4n) is 1.12. The van der Waals surface area contributed by atoms with Crippen molar-refractivity contribution in [3.63, 3.8) is 0 Å². The van der Waals surface area contributed by atoms with Gasteiger partial charge in [0.2, 0.25) is 0 Å². The molecule has 0 aliphatic heterocycles. The molecule has 0 aliphatic carbocycles. The van der Waals surface area contributed by atoms with E-state index in [-0.39, 0.29) is 0 Å². The Kier molecular flexibility index (Phi) is 1.53. The highest BCUT2D eigenvalue weighted by molar-refractivity contribution is 5.82. The Labute approximate surface area is 71.1 Å². The molecule has 0 aliphatic rings. The van der Waals surface area contributed by atoms with Crippen LogP contribution in [0.4, 0.5) is 0 Å². The number of terminal acetylenes is 1. The van der Waals surface area contributed by atoms with Gasteiger partial charge in [-0.25, -0.2) is 0 Å². The number of benzene rings is 1. The largest absolute Gasteiger partial charge is 0.254 e. The van der Waals surface area contributed by atoms with Gasteiger partial charge in [-0.3, -0.25) is 4.98 Å². The van der Waals surface area contributed by atoms with Gasteiger partial charge < -0.3 is 0 Å². The molecular weight excluding hydrogens is 146 g/mol. The molecule has 1 radical (unpaired) electrons. The van der Waals surface area contributed by atoms with Crippen LogP contribution in [0.15, 0.2) is 30.5 Å². The number of aromatic nitrogens is 1. The van der Waals surface area contributed by atoms with Gasteiger partial charge in [0.25, 0.3) is 0 Å². The smallest absolute Gasteiger partial charge is 0.0970 e. The first-order chi connectivity index (χ1) is 5.90. The van der Waals surface area contributed by atoms with Crippen molar-refractivity contribution in [1.29, 1.82) is 0 Å². The topological polar surface area (TPSA) is 12.9 Å². The van der Waals surface area contributed by atoms with E-state index in [2.05, 4.69) is 17.1 Å². The van der Waals surface area contributed by atoms with Crippen molar-refractivity contribution < 1.29 is 0 Å². The van der Waals surface area contributed by atoms with Crippen LogP contribution in [0, 0.1) is 18.5 Å². The van der Waals surface area contributed by atoms with Crippen LogP contribution < -0.4 is 0 Å². The van der Waals surface area contributed by atoms with E-state index in [0.29, 0.717) is 0 Å². The Morgan fingerprint density at radius 1 is 1.33 bits per heavy atom. The minimum Gasteiger partial charge on any atom is -0.254 e. The summed E-state index contributed by atoms with van der Waals surface area (Å²) >= 11 is 0. The molecule has 0 fully saturated rings. The predicted molar refractivity (Wildman–Crippen MR) is 48.5 cm³/mol. The summed E-state index contributed by atoms with van der Waals surface area (Å²) < 4.78 is 0. The number of rotatable bonds is 0. The monoisotopic (exact) mass is 152 g/mol. The molecule has 1 nitrogen and oxygen atoms in total. The standard InChI is InChI=1S/C11H6N/c1-2-9-3-4-11-8-12-6-5-10(11)7-9/h1,3-7H. The van der Waals surface area contributed by atoms with E-state index < -0.39 is 0 Å². The van der Waals surface area contributed by atoms with E-state index >= 15 is 0 Å². The summed E-state index contributed by atoms with van der Waals surface area (Å²) in [6.45, 7) is 0. The van der Waals surface area contributed by atoms with Gasteiger partial charge in [-0.2, -0.15) is 0 Å². The minimum absolute atomic E-state index is 0.891. The zero-order valence-corrected chi connectivity index (χ0v) is 6.41. The van der Waals surface area contributed by atoms with E-state index in [4.69, 9.17) is 6.42 Å². The summed E-state index contributed by atoms with van der Waals surface area (Å²) in [5, 5.41) is 2.08. The normalized spacial score (nSPS) is 9.58. The van der Waals surface area contributed by atoms with Gasteiger partial charge in [0.15, 0.2) is 0 Å². The quantitative estimate of drug-likeness (QED) is 0.526. The SMILES string of the molecule is C#Cc1ccc2[c]nccc2c1. The van der Waals surface area contributed by atoms with Crippen molar-refractivity contribution in [1.82, 2.24) is 4.98 Å². The van der Waals surface area contributed by atoms with Gasteiger partial charge in [-0.15, -0.1) is 6.42 Å². The Bertz CT molecular complexity index is 452.